The summed E-state index contributed by atoms with van der Waals surface area (Å²) in [4.78, 5) is 0. The van der Waals surface area contributed by atoms with E-state index >= 15 is 0 Å². The summed E-state index contributed by atoms with van der Waals surface area (Å²) in [5.41, 5.74) is 7.02. The highest BCUT2D eigenvalue weighted by molar-refractivity contribution is 5.04. The maximum Gasteiger partial charge on any atom is 0.0788 e. The van der Waals surface area contributed by atoms with Gasteiger partial charge in [0, 0.05) is 7.05 Å². The molecule has 2 rings (SSSR count). The molecule has 3 atom stereocenters. The Hall–Kier alpha value is -0.940. The van der Waals surface area contributed by atoms with Gasteiger partial charge in [-0.25, -0.2) is 0 Å². The molecule has 3 unspecified atom stereocenters. The van der Waals surface area contributed by atoms with E-state index in [1.54, 1.807) is 10.9 Å². The lowest BCUT2D eigenvalue weighted by molar-refractivity contribution is 0.0386. The lowest BCUT2D eigenvalue weighted by Gasteiger charge is -2.18. The molecule has 0 aromatic carbocycles. The van der Waals surface area contributed by atoms with Crippen LogP contribution in [-0.4, -0.2) is 27.2 Å². The molecule has 0 spiro atoms. The first kappa shape index (κ1) is 9.61. The molecular formula is C9H16N4O. The molecule has 5 nitrogen and oxygen atoms in total. The van der Waals surface area contributed by atoms with Crippen molar-refractivity contribution in [2.45, 2.75) is 38.0 Å². The van der Waals surface area contributed by atoms with E-state index in [0.717, 1.165) is 18.5 Å². The van der Waals surface area contributed by atoms with Gasteiger partial charge < -0.3 is 10.5 Å². The smallest absolute Gasteiger partial charge is 0.0788 e. The maximum atomic E-state index is 6.08. The average molecular weight is 196 g/mol. The minimum Gasteiger partial charge on any atom is -0.373 e. The molecule has 5 heteroatoms. The molecule has 0 aliphatic carbocycles. The summed E-state index contributed by atoms with van der Waals surface area (Å²) in [5, 5.41) is 7.67. The number of hydrogen-bond acceptors (Lipinski definition) is 4. The van der Waals surface area contributed by atoms with Gasteiger partial charge in [-0.3, -0.25) is 4.68 Å². The zero-order valence-corrected chi connectivity index (χ0v) is 8.55. The summed E-state index contributed by atoms with van der Waals surface area (Å²) >= 11 is 0. The molecule has 0 bridgehead atoms. The van der Waals surface area contributed by atoms with Crippen molar-refractivity contribution in [3.63, 3.8) is 0 Å². The highest BCUT2D eigenvalue weighted by Crippen LogP contribution is 2.27. The van der Waals surface area contributed by atoms with Gasteiger partial charge in [-0.1, -0.05) is 5.21 Å². The normalized spacial score (nSPS) is 29.4. The Morgan fingerprint density at radius 1 is 1.64 bits per heavy atom. The fraction of sp³-hybridized carbons (Fsp3) is 0.778. The Kier molecular flexibility index (Phi) is 2.52. The van der Waals surface area contributed by atoms with Crippen molar-refractivity contribution in [3.8, 4) is 0 Å². The molecule has 1 aliphatic rings. The van der Waals surface area contributed by atoms with Crippen LogP contribution >= 0.6 is 0 Å². The Morgan fingerprint density at radius 3 is 2.93 bits per heavy atom. The van der Waals surface area contributed by atoms with Gasteiger partial charge >= 0.3 is 0 Å². The first-order valence-corrected chi connectivity index (χ1v) is 4.94. The van der Waals surface area contributed by atoms with Crippen molar-refractivity contribution in [1.82, 2.24) is 15.0 Å². The summed E-state index contributed by atoms with van der Waals surface area (Å²) in [6.45, 7) is 2.08. The Balaban J connectivity index is 2.09. The van der Waals surface area contributed by atoms with Crippen molar-refractivity contribution in [1.29, 1.82) is 0 Å². The number of aromatic nitrogens is 3. The van der Waals surface area contributed by atoms with Gasteiger partial charge in [0.1, 0.15) is 0 Å². The third kappa shape index (κ3) is 1.65. The van der Waals surface area contributed by atoms with Crippen LogP contribution in [-0.2, 0) is 11.8 Å². The van der Waals surface area contributed by atoms with E-state index in [1.807, 2.05) is 7.05 Å². The molecule has 1 aromatic rings. The Morgan fingerprint density at radius 2 is 2.43 bits per heavy atom. The van der Waals surface area contributed by atoms with E-state index in [9.17, 15) is 0 Å². The van der Waals surface area contributed by atoms with Crippen molar-refractivity contribution in [3.05, 3.63) is 11.9 Å². The van der Waals surface area contributed by atoms with Crippen LogP contribution < -0.4 is 5.73 Å². The van der Waals surface area contributed by atoms with Gasteiger partial charge in [0.15, 0.2) is 0 Å². The predicted molar refractivity (Wildman–Crippen MR) is 51.5 cm³/mol. The van der Waals surface area contributed by atoms with Crippen LogP contribution in [0.25, 0.3) is 0 Å². The lowest BCUT2D eigenvalue weighted by Crippen LogP contribution is -2.28. The van der Waals surface area contributed by atoms with Crippen molar-refractivity contribution in [2.24, 2.45) is 12.8 Å². The monoisotopic (exact) mass is 196 g/mol. The van der Waals surface area contributed by atoms with E-state index in [0.29, 0.717) is 6.10 Å². The highest BCUT2D eigenvalue weighted by atomic mass is 16.5. The molecular weight excluding hydrogens is 180 g/mol. The standard InChI is InChI=1S/C9H16N4O/c1-6-3-4-8(14-6)9(10)7-5-11-12-13(7)2/h5-6,8-9H,3-4,10H2,1-2H3. The second-order valence-corrected chi connectivity index (χ2v) is 3.87. The van der Waals surface area contributed by atoms with Gasteiger partial charge in [-0.15, -0.1) is 5.10 Å². The minimum atomic E-state index is -0.111. The third-order valence-electron chi connectivity index (χ3n) is 2.76. The molecule has 1 saturated heterocycles. The summed E-state index contributed by atoms with van der Waals surface area (Å²) in [5.74, 6) is 0. The second kappa shape index (κ2) is 3.67. The first-order chi connectivity index (χ1) is 6.68. The largest absolute Gasteiger partial charge is 0.373 e. The SMILES string of the molecule is CC1CCC(C(N)c2cnnn2C)O1. The maximum absolute atomic E-state index is 6.08. The molecule has 1 fully saturated rings. The van der Waals surface area contributed by atoms with Crippen LogP contribution in [0.1, 0.15) is 31.5 Å². The summed E-state index contributed by atoms with van der Waals surface area (Å²) in [6.07, 6.45) is 4.25. The summed E-state index contributed by atoms with van der Waals surface area (Å²) in [7, 11) is 1.85. The predicted octanol–water partition coefficient (Wildman–Crippen LogP) is 0.382. The molecule has 14 heavy (non-hydrogen) atoms. The van der Waals surface area contributed by atoms with Crippen LogP contribution in [0, 0.1) is 0 Å². The van der Waals surface area contributed by atoms with Gasteiger partial charge in [-0.05, 0) is 19.8 Å². The fourth-order valence-corrected chi connectivity index (χ4v) is 1.89. The van der Waals surface area contributed by atoms with Crippen LogP contribution in [0.3, 0.4) is 0 Å². The van der Waals surface area contributed by atoms with Crippen LogP contribution in [0.2, 0.25) is 0 Å². The van der Waals surface area contributed by atoms with Crippen molar-refractivity contribution < 1.29 is 4.74 Å². The van der Waals surface area contributed by atoms with E-state index < -0.39 is 0 Å². The number of nitrogens with two attached hydrogens (primary N) is 1. The van der Waals surface area contributed by atoms with Crippen LogP contribution in [0.15, 0.2) is 6.20 Å². The van der Waals surface area contributed by atoms with Crippen molar-refractivity contribution >= 4 is 0 Å². The third-order valence-corrected chi connectivity index (χ3v) is 2.76. The molecule has 1 aromatic heterocycles. The minimum absolute atomic E-state index is 0.111. The van der Waals surface area contributed by atoms with Crippen LogP contribution in [0.4, 0.5) is 0 Å². The molecule has 0 saturated carbocycles. The number of ether oxygens (including phenoxy) is 1. The molecule has 1 aliphatic heterocycles. The molecule has 78 valence electrons. The van der Waals surface area contributed by atoms with Gasteiger partial charge in [0.2, 0.25) is 0 Å². The molecule has 2 N–H and O–H groups in total. The zero-order chi connectivity index (χ0) is 10.1. The van der Waals surface area contributed by atoms with E-state index in [-0.39, 0.29) is 12.1 Å². The van der Waals surface area contributed by atoms with E-state index in [1.165, 1.54) is 0 Å². The van der Waals surface area contributed by atoms with E-state index in [2.05, 4.69) is 17.2 Å². The number of rotatable bonds is 2. The van der Waals surface area contributed by atoms with Crippen LogP contribution in [0.5, 0.6) is 0 Å². The summed E-state index contributed by atoms with van der Waals surface area (Å²) in [6, 6.07) is -0.111. The quantitative estimate of drug-likeness (QED) is 0.742. The first-order valence-electron chi connectivity index (χ1n) is 4.94. The topological polar surface area (TPSA) is 66.0 Å². The Bertz CT molecular complexity index is 312. The van der Waals surface area contributed by atoms with Crippen molar-refractivity contribution in [2.75, 3.05) is 0 Å². The lowest BCUT2D eigenvalue weighted by atomic mass is 10.1. The van der Waals surface area contributed by atoms with Gasteiger partial charge in [-0.2, -0.15) is 0 Å². The Labute approximate surface area is 83.2 Å². The van der Waals surface area contributed by atoms with Gasteiger partial charge in [0.05, 0.1) is 30.1 Å². The summed E-state index contributed by atoms with van der Waals surface area (Å²) < 4.78 is 7.41. The zero-order valence-electron chi connectivity index (χ0n) is 8.55. The second-order valence-electron chi connectivity index (χ2n) is 3.87. The van der Waals surface area contributed by atoms with Gasteiger partial charge in [0.25, 0.3) is 0 Å². The highest BCUT2D eigenvalue weighted by Gasteiger charge is 2.29. The molecule has 0 amide bonds. The number of aryl methyl sites for hydroxylation is 1. The molecule has 0 radical (unpaired) electrons. The molecule has 2 heterocycles. The van der Waals surface area contributed by atoms with E-state index in [4.69, 9.17) is 10.5 Å². The average Bonchev–Trinajstić information content (AvgIpc) is 2.73. The fourth-order valence-electron chi connectivity index (χ4n) is 1.89. The number of hydrogen-bond donors (Lipinski definition) is 1. The number of nitrogens with zero attached hydrogens (tertiary/aromatic N) is 3.